The van der Waals surface area contributed by atoms with Crippen molar-refractivity contribution in [3.63, 3.8) is 0 Å². The second-order valence-corrected chi connectivity index (χ2v) is 5.19. The largest absolute Gasteiger partial charge is 0.421 e. The number of benzene rings is 1. The Balaban J connectivity index is 1.96. The molecule has 0 radical (unpaired) electrons. The van der Waals surface area contributed by atoms with E-state index < -0.39 is 11.5 Å². The van der Waals surface area contributed by atoms with Gasteiger partial charge in [-0.05, 0) is 32.0 Å². The molecule has 0 aliphatic carbocycles. The van der Waals surface area contributed by atoms with Crippen LogP contribution in [0.15, 0.2) is 51.8 Å². The highest BCUT2D eigenvalue weighted by Gasteiger charge is 2.16. The highest BCUT2D eigenvalue weighted by molar-refractivity contribution is 6.03. The van der Waals surface area contributed by atoms with E-state index in [4.69, 9.17) is 4.42 Å². The number of carbonyl (C=O) groups is 1. The maximum Gasteiger partial charge on any atom is 0.360 e. The Bertz CT molecular complexity index is 893. The second kappa shape index (κ2) is 5.48. The van der Waals surface area contributed by atoms with Crippen LogP contribution in [0.3, 0.4) is 0 Å². The predicted octanol–water partition coefficient (Wildman–Crippen LogP) is 2.82. The van der Waals surface area contributed by atoms with Crippen LogP contribution in [-0.2, 0) is 0 Å². The van der Waals surface area contributed by atoms with Crippen molar-refractivity contribution in [2.75, 3.05) is 5.32 Å². The second-order valence-electron chi connectivity index (χ2n) is 5.19. The van der Waals surface area contributed by atoms with Crippen LogP contribution in [0, 0.1) is 0 Å². The van der Waals surface area contributed by atoms with E-state index in [1.165, 1.54) is 0 Å². The summed E-state index contributed by atoms with van der Waals surface area (Å²) >= 11 is 0. The summed E-state index contributed by atoms with van der Waals surface area (Å²) in [6.07, 6.45) is 1.55. The average Bonchev–Trinajstić information content (AvgIpc) is 2.97. The van der Waals surface area contributed by atoms with Gasteiger partial charge < -0.3 is 9.73 Å². The summed E-state index contributed by atoms with van der Waals surface area (Å²) in [5.41, 5.74) is 0.406. The first-order valence-electron chi connectivity index (χ1n) is 6.94. The number of amides is 1. The van der Waals surface area contributed by atoms with Gasteiger partial charge in [0, 0.05) is 17.6 Å². The third-order valence-corrected chi connectivity index (χ3v) is 3.28. The number of hydrogen-bond donors (Lipinski definition) is 1. The smallest absolute Gasteiger partial charge is 0.360 e. The van der Waals surface area contributed by atoms with Crippen LogP contribution in [-0.4, -0.2) is 15.7 Å². The van der Waals surface area contributed by atoms with Crippen molar-refractivity contribution in [2.24, 2.45) is 0 Å². The van der Waals surface area contributed by atoms with Crippen LogP contribution in [0.25, 0.3) is 11.0 Å². The molecule has 0 atom stereocenters. The number of nitrogens with zero attached hydrogens (tertiary/aromatic N) is 2. The molecule has 0 saturated carbocycles. The predicted molar refractivity (Wildman–Crippen MR) is 83.0 cm³/mol. The van der Waals surface area contributed by atoms with Crippen molar-refractivity contribution >= 4 is 22.6 Å². The third kappa shape index (κ3) is 2.50. The number of para-hydroxylation sites is 1. The van der Waals surface area contributed by atoms with Crippen LogP contribution < -0.4 is 10.9 Å². The molecule has 0 spiro atoms. The quantitative estimate of drug-likeness (QED) is 0.754. The van der Waals surface area contributed by atoms with Crippen LogP contribution in [0.2, 0.25) is 0 Å². The van der Waals surface area contributed by atoms with Crippen molar-refractivity contribution in [3.8, 4) is 0 Å². The summed E-state index contributed by atoms with van der Waals surface area (Å²) in [5, 5.41) is 7.44. The molecule has 2 heterocycles. The van der Waals surface area contributed by atoms with Crippen LogP contribution in [0.4, 0.5) is 5.69 Å². The fraction of sp³-hybridized carbons (Fsp3) is 0.188. The number of rotatable bonds is 3. The summed E-state index contributed by atoms with van der Waals surface area (Å²) in [7, 11) is 0. The average molecular weight is 297 g/mol. The van der Waals surface area contributed by atoms with Gasteiger partial charge in [0.25, 0.3) is 5.91 Å². The molecule has 3 rings (SSSR count). The van der Waals surface area contributed by atoms with Gasteiger partial charge in [0.15, 0.2) is 0 Å². The van der Waals surface area contributed by atoms with E-state index in [1.807, 2.05) is 26.0 Å². The molecule has 3 aromatic rings. The minimum Gasteiger partial charge on any atom is -0.421 e. The first-order valence-corrected chi connectivity index (χ1v) is 6.94. The van der Waals surface area contributed by atoms with Gasteiger partial charge in [-0.15, -0.1) is 0 Å². The lowest BCUT2D eigenvalue weighted by Crippen LogP contribution is -2.22. The first-order chi connectivity index (χ1) is 10.6. The highest BCUT2D eigenvalue weighted by Crippen LogP contribution is 2.16. The maximum absolute atomic E-state index is 12.3. The van der Waals surface area contributed by atoms with Gasteiger partial charge in [0.1, 0.15) is 17.0 Å². The normalized spacial score (nSPS) is 11.0. The van der Waals surface area contributed by atoms with Crippen molar-refractivity contribution in [1.29, 1.82) is 0 Å². The van der Waals surface area contributed by atoms with Gasteiger partial charge in [-0.25, -0.2) is 4.79 Å². The number of hydrogen-bond acceptors (Lipinski definition) is 4. The SMILES string of the molecule is CC(C)n1nccc1C(=O)Nc1cc2ccccc2oc1=O. The molecule has 0 unspecified atom stereocenters. The van der Waals surface area contributed by atoms with E-state index in [0.29, 0.717) is 11.3 Å². The molecular weight excluding hydrogens is 282 g/mol. The lowest BCUT2D eigenvalue weighted by molar-refractivity contribution is 0.101. The Hall–Kier alpha value is -2.89. The minimum absolute atomic E-state index is 0.0452. The van der Waals surface area contributed by atoms with Gasteiger partial charge in [-0.1, -0.05) is 18.2 Å². The Labute approximate surface area is 126 Å². The molecule has 112 valence electrons. The molecule has 1 aromatic carbocycles. The Morgan fingerprint density at radius 3 is 2.82 bits per heavy atom. The first kappa shape index (κ1) is 14.1. The molecule has 1 amide bonds. The molecule has 6 heteroatoms. The summed E-state index contributed by atoms with van der Waals surface area (Å²) < 4.78 is 6.79. The Morgan fingerprint density at radius 1 is 1.27 bits per heavy atom. The van der Waals surface area contributed by atoms with Crippen LogP contribution in [0.5, 0.6) is 0 Å². The summed E-state index contributed by atoms with van der Waals surface area (Å²) in [6.45, 7) is 3.85. The van der Waals surface area contributed by atoms with Crippen molar-refractivity contribution in [1.82, 2.24) is 9.78 Å². The van der Waals surface area contributed by atoms with Crippen LogP contribution >= 0.6 is 0 Å². The zero-order valence-electron chi connectivity index (χ0n) is 12.2. The van der Waals surface area contributed by atoms with Gasteiger partial charge in [0.2, 0.25) is 0 Å². The van der Waals surface area contributed by atoms with Gasteiger partial charge in [-0.3, -0.25) is 9.48 Å². The standard InChI is InChI=1S/C16H15N3O3/c1-10(2)19-13(7-8-17-19)15(20)18-12-9-11-5-3-4-6-14(11)22-16(12)21/h3-10H,1-2H3,(H,18,20). The van der Waals surface area contributed by atoms with Crippen LogP contribution in [0.1, 0.15) is 30.4 Å². The van der Waals surface area contributed by atoms with Crippen molar-refractivity contribution in [2.45, 2.75) is 19.9 Å². The number of fused-ring (bicyclic) bond motifs is 1. The lowest BCUT2D eigenvalue weighted by atomic mass is 10.2. The number of carbonyl (C=O) groups excluding carboxylic acids is 1. The van der Waals surface area contributed by atoms with Gasteiger partial charge in [-0.2, -0.15) is 5.10 Å². The molecular formula is C16H15N3O3. The molecule has 22 heavy (non-hydrogen) atoms. The van der Waals surface area contributed by atoms with E-state index in [1.54, 1.807) is 35.1 Å². The number of nitrogens with one attached hydrogen (secondary N) is 1. The fourth-order valence-corrected chi connectivity index (χ4v) is 2.24. The molecule has 1 N–H and O–H groups in total. The minimum atomic E-state index is -0.581. The monoisotopic (exact) mass is 297 g/mol. The summed E-state index contributed by atoms with van der Waals surface area (Å²) in [4.78, 5) is 24.3. The van der Waals surface area contributed by atoms with E-state index in [2.05, 4.69) is 10.4 Å². The lowest BCUT2D eigenvalue weighted by Gasteiger charge is -2.10. The molecule has 6 nitrogen and oxygen atoms in total. The van der Waals surface area contributed by atoms with E-state index >= 15 is 0 Å². The molecule has 0 bridgehead atoms. The molecule has 2 aromatic heterocycles. The maximum atomic E-state index is 12.3. The number of aromatic nitrogens is 2. The zero-order valence-corrected chi connectivity index (χ0v) is 12.2. The fourth-order valence-electron chi connectivity index (χ4n) is 2.24. The Kier molecular flexibility index (Phi) is 3.50. The van der Waals surface area contributed by atoms with E-state index in [9.17, 15) is 9.59 Å². The van der Waals surface area contributed by atoms with Gasteiger partial charge >= 0.3 is 5.63 Å². The zero-order chi connectivity index (χ0) is 15.7. The Morgan fingerprint density at radius 2 is 2.05 bits per heavy atom. The van der Waals surface area contributed by atoms with Gasteiger partial charge in [0.05, 0.1) is 0 Å². The molecule has 0 fully saturated rings. The topological polar surface area (TPSA) is 77.1 Å². The molecule has 0 aliphatic heterocycles. The highest BCUT2D eigenvalue weighted by atomic mass is 16.4. The van der Waals surface area contributed by atoms with E-state index in [0.717, 1.165) is 5.39 Å². The summed E-state index contributed by atoms with van der Waals surface area (Å²) in [6, 6.07) is 10.4. The van der Waals surface area contributed by atoms with Crippen molar-refractivity contribution < 1.29 is 9.21 Å². The van der Waals surface area contributed by atoms with E-state index in [-0.39, 0.29) is 11.7 Å². The summed E-state index contributed by atoms with van der Waals surface area (Å²) in [5.74, 6) is -0.395. The molecule has 0 aliphatic rings. The number of anilines is 1. The third-order valence-electron chi connectivity index (χ3n) is 3.28. The van der Waals surface area contributed by atoms with Crippen molar-refractivity contribution in [3.05, 3.63) is 58.7 Å². The molecule has 0 saturated heterocycles.